The van der Waals surface area contributed by atoms with E-state index >= 15 is 0 Å². The molecule has 0 bridgehead atoms. The van der Waals surface area contributed by atoms with Crippen molar-refractivity contribution in [1.29, 1.82) is 0 Å². The molecule has 3 atom stereocenters. The van der Waals surface area contributed by atoms with Crippen LogP contribution in [0, 0.1) is 0 Å². The normalized spacial score (nSPS) is 14.6. The predicted molar refractivity (Wildman–Crippen MR) is 288 cm³/mol. The zero-order valence-corrected chi connectivity index (χ0v) is 46.2. The highest BCUT2D eigenvalue weighted by molar-refractivity contribution is 6.42. The SMILES string of the molecule is CCCCCCCCCCCCCCCC(=O)OCC(COC(=O)CCCCCCCCCCCCCCC)OC(=O)CCC(=O)OC(C)OC(=O)N(C)[C@H]1CCC(c2ccc(Cl)c(Cl)c2)c2ccccc21. The zero-order chi connectivity index (χ0) is 52.2. The van der Waals surface area contributed by atoms with Gasteiger partial charge in [-0.15, -0.1) is 0 Å². The molecule has 3 rings (SSSR count). The van der Waals surface area contributed by atoms with E-state index in [9.17, 15) is 24.0 Å². The van der Waals surface area contributed by atoms with Crippen LogP contribution in [0.2, 0.25) is 10.0 Å². The molecule has 11 nitrogen and oxygen atoms in total. The van der Waals surface area contributed by atoms with Gasteiger partial charge in [-0.3, -0.25) is 19.2 Å². The lowest BCUT2D eigenvalue weighted by Gasteiger charge is -2.36. The lowest BCUT2D eigenvalue weighted by Crippen LogP contribution is -2.37. The van der Waals surface area contributed by atoms with Crippen molar-refractivity contribution in [2.75, 3.05) is 20.3 Å². The first-order valence-corrected chi connectivity index (χ1v) is 28.9. The number of unbranched alkanes of at least 4 members (excludes halogenated alkanes) is 24. The van der Waals surface area contributed by atoms with Crippen LogP contribution in [0.3, 0.4) is 0 Å². The van der Waals surface area contributed by atoms with Crippen LogP contribution in [-0.4, -0.2) is 67.5 Å². The highest BCUT2D eigenvalue weighted by Crippen LogP contribution is 2.44. The van der Waals surface area contributed by atoms with E-state index in [1.807, 2.05) is 36.4 Å². The van der Waals surface area contributed by atoms with Crippen LogP contribution in [0.1, 0.15) is 255 Å². The standard InChI is InChI=1S/C59H91Cl2NO10/c1-5-7-9-11-13-15-17-19-21-23-25-27-29-35-55(63)68-44-48(45-69-56(64)36-30-28-26-24-22-20-18-16-14-12-10-8-6-2)72-58(66)42-41-57(65)70-46(3)71-59(67)62(4)54-40-38-49(50-33-31-32-34-51(50)54)47-37-39-52(60)53(61)43-47/h31-34,37,39,43,46,48-49,54H,5-30,35-36,38,40-42,44-45H2,1-4H3/t46?,49?,54-/m0/s1. The van der Waals surface area contributed by atoms with Gasteiger partial charge < -0.3 is 28.6 Å². The van der Waals surface area contributed by atoms with Crippen molar-refractivity contribution in [3.8, 4) is 0 Å². The number of halogens is 2. The quantitative estimate of drug-likeness (QED) is 0.0275. The molecule has 0 radical (unpaired) electrons. The highest BCUT2D eigenvalue weighted by atomic mass is 35.5. The summed E-state index contributed by atoms with van der Waals surface area (Å²) in [5.74, 6) is -2.27. The van der Waals surface area contributed by atoms with Gasteiger partial charge in [0.15, 0.2) is 6.10 Å². The molecule has 0 aromatic heterocycles. The molecule has 1 amide bonds. The Bertz CT molecular complexity index is 1800. The molecule has 1 aliphatic carbocycles. The topological polar surface area (TPSA) is 135 Å². The molecule has 2 aromatic carbocycles. The number of fused-ring (bicyclic) bond motifs is 1. The average molecular weight is 1050 g/mol. The van der Waals surface area contributed by atoms with Crippen molar-refractivity contribution >= 4 is 53.2 Å². The molecule has 2 aromatic rings. The molecule has 0 N–H and O–H groups in total. The molecule has 0 saturated heterocycles. The van der Waals surface area contributed by atoms with E-state index in [1.165, 1.54) is 127 Å². The van der Waals surface area contributed by atoms with E-state index in [4.69, 9.17) is 46.9 Å². The van der Waals surface area contributed by atoms with Gasteiger partial charge in [-0.1, -0.05) is 221 Å². The number of ether oxygens (including phenoxy) is 5. The Morgan fingerprint density at radius 3 is 1.40 bits per heavy atom. The molecule has 0 saturated carbocycles. The number of carbonyl (C=O) groups is 5. The molecule has 0 fully saturated rings. The number of rotatable bonds is 40. The Balaban J connectivity index is 1.40. The van der Waals surface area contributed by atoms with Crippen LogP contribution in [0.4, 0.5) is 4.79 Å². The number of hydrogen-bond donors (Lipinski definition) is 0. The molecule has 0 heterocycles. The van der Waals surface area contributed by atoms with Gasteiger partial charge in [-0.05, 0) is 54.5 Å². The fourth-order valence-electron chi connectivity index (χ4n) is 9.52. The fourth-order valence-corrected chi connectivity index (χ4v) is 9.83. The lowest BCUT2D eigenvalue weighted by molar-refractivity contribution is -0.171. The maximum Gasteiger partial charge on any atom is 0.413 e. The summed E-state index contributed by atoms with van der Waals surface area (Å²) in [5, 5.41) is 0.975. The summed E-state index contributed by atoms with van der Waals surface area (Å²) in [6.45, 7) is 5.37. The number of hydrogen-bond acceptors (Lipinski definition) is 10. The van der Waals surface area contributed by atoms with Gasteiger partial charge >= 0.3 is 30.0 Å². The maximum atomic E-state index is 13.4. The van der Waals surface area contributed by atoms with Gasteiger partial charge in [0.25, 0.3) is 0 Å². The Morgan fingerprint density at radius 2 is 0.944 bits per heavy atom. The fraction of sp³-hybridized carbons (Fsp3) is 0.712. The van der Waals surface area contributed by atoms with E-state index in [2.05, 4.69) is 13.8 Å². The third-order valence-electron chi connectivity index (χ3n) is 13.8. The minimum absolute atomic E-state index is 0.0705. The molecule has 13 heteroatoms. The third kappa shape index (κ3) is 26.9. The number of amides is 1. The summed E-state index contributed by atoms with van der Waals surface area (Å²) >= 11 is 12.5. The van der Waals surface area contributed by atoms with Crippen molar-refractivity contribution < 1.29 is 47.7 Å². The molecular formula is C59H91Cl2NO10. The monoisotopic (exact) mass is 1040 g/mol. The molecule has 2 unspecified atom stereocenters. The second kappa shape index (κ2) is 38.7. The van der Waals surface area contributed by atoms with Crippen LogP contribution in [0.5, 0.6) is 0 Å². The van der Waals surface area contributed by atoms with Crippen LogP contribution in [-0.2, 0) is 42.9 Å². The Hall–Kier alpha value is -3.83. The highest BCUT2D eigenvalue weighted by Gasteiger charge is 2.34. The van der Waals surface area contributed by atoms with Crippen molar-refractivity contribution in [3.05, 3.63) is 69.2 Å². The minimum Gasteiger partial charge on any atom is -0.462 e. The zero-order valence-electron chi connectivity index (χ0n) is 44.7. The Labute approximate surface area is 443 Å². The summed E-state index contributed by atoms with van der Waals surface area (Å²) in [6.07, 6.45) is 29.4. The van der Waals surface area contributed by atoms with Gasteiger partial charge in [0.1, 0.15) is 13.2 Å². The Kier molecular flexibility index (Phi) is 33.6. The first-order chi connectivity index (χ1) is 34.9. The molecule has 406 valence electrons. The molecule has 1 aliphatic rings. The molecule has 72 heavy (non-hydrogen) atoms. The van der Waals surface area contributed by atoms with Gasteiger partial charge in [-0.25, -0.2) is 4.79 Å². The van der Waals surface area contributed by atoms with E-state index in [-0.39, 0.29) is 50.9 Å². The molecule has 0 spiro atoms. The van der Waals surface area contributed by atoms with E-state index < -0.39 is 42.4 Å². The second-order valence-electron chi connectivity index (χ2n) is 20.0. The van der Waals surface area contributed by atoms with Crippen LogP contribution in [0.25, 0.3) is 0 Å². The summed E-state index contributed by atoms with van der Waals surface area (Å²) in [7, 11) is 1.65. The van der Waals surface area contributed by atoms with Crippen LogP contribution < -0.4 is 0 Å². The van der Waals surface area contributed by atoms with Crippen molar-refractivity contribution in [2.45, 2.75) is 251 Å². The lowest BCUT2D eigenvalue weighted by atomic mass is 9.76. The van der Waals surface area contributed by atoms with Crippen LogP contribution in [0.15, 0.2) is 42.5 Å². The van der Waals surface area contributed by atoms with Gasteiger partial charge in [-0.2, -0.15) is 0 Å². The van der Waals surface area contributed by atoms with Crippen LogP contribution >= 0.6 is 23.2 Å². The maximum absolute atomic E-state index is 13.4. The number of carbonyl (C=O) groups excluding carboxylic acids is 5. The van der Waals surface area contributed by atoms with Gasteiger partial charge in [0, 0.05) is 32.7 Å². The van der Waals surface area contributed by atoms with Gasteiger partial charge in [0.05, 0.1) is 28.9 Å². The van der Waals surface area contributed by atoms with E-state index in [0.29, 0.717) is 29.3 Å². The first-order valence-electron chi connectivity index (χ1n) is 28.1. The third-order valence-corrected chi connectivity index (χ3v) is 14.5. The summed E-state index contributed by atoms with van der Waals surface area (Å²) in [4.78, 5) is 66.2. The Morgan fingerprint density at radius 1 is 0.514 bits per heavy atom. The first kappa shape index (κ1) is 62.5. The average Bonchev–Trinajstić information content (AvgIpc) is 3.37. The van der Waals surface area contributed by atoms with E-state index in [0.717, 1.165) is 61.6 Å². The number of nitrogens with zero attached hydrogens (tertiary/aromatic N) is 1. The number of esters is 4. The summed E-state index contributed by atoms with van der Waals surface area (Å²) in [5.41, 5.74) is 3.10. The van der Waals surface area contributed by atoms with Gasteiger partial charge in [0.2, 0.25) is 6.29 Å². The van der Waals surface area contributed by atoms with Crippen molar-refractivity contribution in [2.24, 2.45) is 0 Å². The van der Waals surface area contributed by atoms with Crippen molar-refractivity contribution in [3.63, 3.8) is 0 Å². The number of benzene rings is 2. The second-order valence-corrected chi connectivity index (χ2v) is 20.8. The largest absolute Gasteiger partial charge is 0.462 e. The van der Waals surface area contributed by atoms with Crippen molar-refractivity contribution in [1.82, 2.24) is 4.90 Å². The predicted octanol–water partition coefficient (Wildman–Crippen LogP) is 16.7. The van der Waals surface area contributed by atoms with E-state index in [1.54, 1.807) is 13.1 Å². The smallest absolute Gasteiger partial charge is 0.413 e. The summed E-state index contributed by atoms with van der Waals surface area (Å²) in [6, 6.07) is 13.3. The minimum atomic E-state index is -1.23. The molecular weight excluding hydrogens is 954 g/mol. The molecule has 0 aliphatic heterocycles. The summed E-state index contributed by atoms with van der Waals surface area (Å²) < 4.78 is 27.5.